The minimum absolute atomic E-state index is 0.0863. The summed E-state index contributed by atoms with van der Waals surface area (Å²) in [6.07, 6.45) is -2.40. The Labute approximate surface area is 202 Å². The Morgan fingerprint density at radius 2 is 1.92 bits per heavy atom. The topological polar surface area (TPSA) is 282 Å². The van der Waals surface area contributed by atoms with Crippen molar-refractivity contribution in [2.75, 3.05) is 6.61 Å². The van der Waals surface area contributed by atoms with Crippen molar-refractivity contribution in [3.63, 3.8) is 0 Å². The van der Waals surface area contributed by atoms with Crippen LogP contribution in [0, 0.1) is 6.92 Å². The average Bonchev–Trinajstić information content (AvgIpc) is 3.09. The molecule has 0 saturated carbocycles. The first-order valence-corrected chi connectivity index (χ1v) is 14.5. The van der Waals surface area contributed by atoms with Crippen LogP contribution in [0.25, 0.3) is 10.4 Å². The van der Waals surface area contributed by atoms with E-state index < -0.39 is 66.0 Å². The number of ether oxygens (including phenoxy) is 2. The Morgan fingerprint density at radius 1 is 1.25 bits per heavy atom. The first-order valence-electron chi connectivity index (χ1n) is 10.0. The van der Waals surface area contributed by atoms with Crippen molar-refractivity contribution in [3.05, 3.63) is 43.0 Å². The highest BCUT2D eigenvalue weighted by molar-refractivity contribution is 7.66. The highest BCUT2D eigenvalue weighted by Crippen LogP contribution is 2.66. The Balaban J connectivity index is 2.25. The predicted octanol–water partition coefficient (Wildman–Crippen LogP) is 1.30. The lowest BCUT2D eigenvalue weighted by molar-refractivity contribution is -0.0808. The maximum atomic E-state index is 12.3. The SMILES string of the molecule is CCCC(N=[N+]=[N-])OC1C[C@H](n2cc(C)c(=O)[nH]c2=O)O[C@@H]1COP(=O)(O)OP(=O)(O)OP(=O)(O)O. The molecule has 0 bridgehead atoms. The summed E-state index contributed by atoms with van der Waals surface area (Å²) in [7, 11) is -16.8. The number of nitrogens with one attached hydrogen (secondary N) is 1. The number of phosphoric acid groups is 3. The van der Waals surface area contributed by atoms with Gasteiger partial charge in [-0.3, -0.25) is 18.9 Å². The molecular formula is C14H24N5O14P3. The van der Waals surface area contributed by atoms with E-state index in [1.165, 1.54) is 13.1 Å². The zero-order valence-corrected chi connectivity index (χ0v) is 21.4. The summed E-state index contributed by atoms with van der Waals surface area (Å²) in [6.45, 7) is 2.35. The van der Waals surface area contributed by atoms with Gasteiger partial charge in [-0.15, -0.1) is 0 Å². The number of azide groups is 1. The van der Waals surface area contributed by atoms with Crippen molar-refractivity contribution in [2.24, 2.45) is 5.11 Å². The second kappa shape index (κ2) is 12.2. The van der Waals surface area contributed by atoms with Crippen LogP contribution in [0.15, 0.2) is 20.9 Å². The van der Waals surface area contributed by atoms with Crippen LogP contribution < -0.4 is 11.2 Å². The van der Waals surface area contributed by atoms with Gasteiger partial charge in [-0.25, -0.2) is 18.5 Å². The monoisotopic (exact) mass is 579 g/mol. The first kappa shape index (κ1) is 30.5. The molecule has 204 valence electrons. The van der Waals surface area contributed by atoms with Gasteiger partial charge in [0.05, 0.1) is 12.7 Å². The minimum atomic E-state index is -5.74. The first-order chi connectivity index (χ1) is 16.6. The molecule has 1 aliphatic rings. The normalized spacial score (nSPS) is 24.4. The molecular weight excluding hydrogens is 555 g/mol. The molecule has 0 aromatic carbocycles. The number of hydrogen-bond donors (Lipinski definition) is 5. The highest BCUT2D eigenvalue weighted by atomic mass is 31.3. The third-order valence-electron chi connectivity index (χ3n) is 4.50. The van der Waals surface area contributed by atoms with Gasteiger partial charge in [-0.1, -0.05) is 18.5 Å². The molecule has 1 fully saturated rings. The number of H-pyrrole nitrogens is 1. The van der Waals surface area contributed by atoms with Gasteiger partial charge in [0.15, 0.2) is 0 Å². The molecule has 5 N–H and O–H groups in total. The summed E-state index contributed by atoms with van der Waals surface area (Å²) in [5.74, 6) is 0. The maximum absolute atomic E-state index is 12.3. The standard InChI is InChI=1S/C14H24N5O14P3/c1-3-4-11(17-18-15)30-9-5-12(19-6-8(2)13(20)16-14(19)21)31-10(9)7-29-35(25,26)33-36(27,28)32-34(22,23)24/h6,9-12H,3-5,7H2,1-2H3,(H,25,26)(H,27,28)(H,16,20,21)(H2,22,23,24)/t9?,10-,11?,12-/m1/s1. The van der Waals surface area contributed by atoms with Crippen molar-refractivity contribution in [1.82, 2.24) is 9.55 Å². The van der Waals surface area contributed by atoms with Crippen molar-refractivity contribution < 1.29 is 55.9 Å². The third kappa shape index (κ3) is 9.32. The number of aromatic nitrogens is 2. The highest BCUT2D eigenvalue weighted by Gasteiger charge is 2.44. The lowest BCUT2D eigenvalue weighted by Crippen LogP contribution is -2.33. The number of aryl methyl sites for hydroxylation is 1. The van der Waals surface area contributed by atoms with Crippen LogP contribution in [0.1, 0.15) is 38.0 Å². The van der Waals surface area contributed by atoms with E-state index in [0.717, 1.165) is 4.57 Å². The molecule has 0 spiro atoms. The van der Waals surface area contributed by atoms with E-state index >= 15 is 0 Å². The molecule has 0 aliphatic carbocycles. The number of aromatic amines is 1. The molecule has 0 amide bonds. The van der Waals surface area contributed by atoms with Crippen LogP contribution in [0.5, 0.6) is 0 Å². The second-order valence-electron chi connectivity index (χ2n) is 7.35. The van der Waals surface area contributed by atoms with E-state index in [1.807, 2.05) is 0 Å². The van der Waals surface area contributed by atoms with Gasteiger partial charge in [-0.05, 0) is 18.9 Å². The molecule has 1 aromatic heterocycles. The van der Waals surface area contributed by atoms with Gasteiger partial charge in [0.25, 0.3) is 5.56 Å². The molecule has 1 aliphatic heterocycles. The smallest absolute Gasteiger partial charge is 0.366 e. The molecule has 19 nitrogen and oxygen atoms in total. The van der Waals surface area contributed by atoms with Crippen LogP contribution in [-0.2, 0) is 36.3 Å². The van der Waals surface area contributed by atoms with Gasteiger partial charge < -0.3 is 29.0 Å². The number of phosphoric ester groups is 1. The Kier molecular flexibility index (Phi) is 10.4. The van der Waals surface area contributed by atoms with Crippen molar-refractivity contribution in [2.45, 2.75) is 57.8 Å². The summed E-state index contributed by atoms with van der Waals surface area (Å²) in [5, 5.41) is 3.50. The van der Waals surface area contributed by atoms with Crippen molar-refractivity contribution >= 4 is 23.5 Å². The quantitative estimate of drug-likeness (QED) is 0.0953. The lowest BCUT2D eigenvalue weighted by atomic mass is 10.1. The van der Waals surface area contributed by atoms with Crippen LogP contribution >= 0.6 is 23.5 Å². The summed E-state index contributed by atoms with van der Waals surface area (Å²) in [4.78, 5) is 64.9. The van der Waals surface area contributed by atoms with E-state index in [-0.39, 0.29) is 18.4 Å². The second-order valence-corrected chi connectivity index (χ2v) is 11.8. The summed E-state index contributed by atoms with van der Waals surface area (Å²) in [6, 6.07) is 0. The Morgan fingerprint density at radius 3 is 2.50 bits per heavy atom. The molecule has 0 radical (unpaired) electrons. The van der Waals surface area contributed by atoms with E-state index in [0.29, 0.717) is 6.42 Å². The van der Waals surface area contributed by atoms with Crippen LogP contribution in [0.3, 0.4) is 0 Å². The predicted molar refractivity (Wildman–Crippen MR) is 117 cm³/mol. The van der Waals surface area contributed by atoms with Crippen LogP contribution in [-0.4, -0.2) is 54.2 Å². The van der Waals surface area contributed by atoms with Crippen LogP contribution in [0.4, 0.5) is 0 Å². The van der Waals surface area contributed by atoms with E-state index in [2.05, 4.69) is 28.2 Å². The molecule has 4 unspecified atom stereocenters. The zero-order valence-electron chi connectivity index (χ0n) is 18.7. The zero-order chi connectivity index (χ0) is 27.3. The molecule has 36 heavy (non-hydrogen) atoms. The summed E-state index contributed by atoms with van der Waals surface area (Å²) >= 11 is 0. The minimum Gasteiger partial charge on any atom is -0.366 e. The molecule has 2 heterocycles. The average molecular weight is 579 g/mol. The largest absolute Gasteiger partial charge is 0.490 e. The lowest BCUT2D eigenvalue weighted by Gasteiger charge is -2.23. The Hall–Kier alpha value is -1.68. The van der Waals surface area contributed by atoms with E-state index in [1.54, 1.807) is 6.92 Å². The fourth-order valence-corrected chi connectivity index (χ4v) is 6.12. The van der Waals surface area contributed by atoms with Crippen molar-refractivity contribution in [3.8, 4) is 0 Å². The number of rotatable bonds is 13. The molecule has 2 rings (SSSR count). The van der Waals surface area contributed by atoms with Gasteiger partial charge in [-0.2, -0.15) is 8.62 Å². The van der Waals surface area contributed by atoms with E-state index in [4.69, 9.17) is 24.8 Å². The molecule has 22 heteroatoms. The third-order valence-corrected chi connectivity index (χ3v) is 8.31. The van der Waals surface area contributed by atoms with E-state index in [9.17, 15) is 33.1 Å². The van der Waals surface area contributed by atoms with Gasteiger partial charge in [0, 0.05) is 23.1 Å². The molecule has 1 aromatic rings. The van der Waals surface area contributed by atoms with Gasteiger partial charge in [0.2, 0.25) is 0 Å². The van der Waals surface area contributed by atoms with Crippen molar-refractivity contribution in [1.29, 1.82) is 0 Å². The van der Waals surface area contributed by atoms with Crippen LogP contribution in [0.2, 0.25) is 0 Å². The summed E-state index contributed by atoms with van der Waals surface area (Å²) < 4.78 is 58.7. The van der Waals surface area contributed by atoms with Gasteiger partial charge >= 0.3 is 29.2 Å². The summed E-state index contributed by atoms with van der Waals surface area (Å²) in [5.41, 5.74) is 7.48. The number of nitrogens with zero attached hydrogens (tertiary/aromatic N) is 4. The Bertz CT molecular complexity index is 1240. The molecule has 6 atom stereocenters. The fraction of sp³-hybridized carbons (Fsp3) is 0.714. The van der Waals surface area contributed by atoms with Gasteiger partial charge in [0.1, 0.15) is 18.6 Å². The fourth-order valence-electron chi connectivity index (χ4n) is 3.09. The number of hydrogen-bond acceptors (Lipinski definition) is 11. The molecule has 1 saturated heterocycles. The maximum Gasteiger partial charge on any atom is 0.490 e.